The van der Waals surface area contributed by atoms with Gasteiger partial charge in [-0.25, -0.2) is 13.6 Å². The van der Waals surface area contributed by atoms with Gasteiger partial charge in [0.25, 0.3) is 0 Å². The molecule has 152 valence electrons. The molecule has 0 bridgehead atoms. The van der Waals surface area contributed by atoms with Crippen molar-refractivity contribution in [3.8, 4) is 21.6 Å². The number of sulfonamides is 1. The van der Waals surface area contributed by atoms with Crippen molar-refractivity contribution in [1.82, 2.24) is 0 Å². The van der Waals surface area contributed by atoms with Crippen molar-refractivity contribution in [2.45, 2.75) is 4.90 Å². The predicted octanol–water partition coefficient (Wildman–Crippen LogP) is 6.20. The summed E-state index contributed by atoms with van der Waals surface area (Å²) in [7, 11) is -3.83. The lowest BCUT2D eigenvalue weighted by Gasteiger charge is -2.13. The molecule has 0 spiro atoms. The van der Waals surface area contributed by atoms with Crippen LogP contribution in [0.4, 0.5) is 0 Å². The summed E-state index contributed by atoms with van der Waals surface area (Å²) >= 11 is 19.9. The van der Waals surface area contributed by atoms with E-state index in [0.717, 1.165) is 4.70 Å². The molecule has 0 amide bonds. The van der Waals surface area contributed by atoms with E-state index in [-0.39, 0.29) is 25.4 Å². The highest BCUT2D eigenvalue weighted by Gasteiger charge is 2.19. The van der Waals surface area contributed by atoms with Gasteiger partial charge in [-0.2, -0.15) is 0 Å². The predicted molar refractivity (Wildman–Crippen MR) is 125 cm³/mol. The summed E-state index contributed by atoms with van der Waals surface area (Å²) in [5.74, 6) is 0. The second-order valence-corrected chi connectivity index (χ2v) is 10.3. The van der Waals surface area contributed by atoms with Gasteiger partial charge in [-0.05, 0) is 47.5 Å². The molecule has 0 radical (unpaired) electrons. The maximum atomic E-state index is 13.4. The third-order valence-corrected chi connectivity index (χ3v) is 7.86. The summed E-state index contributed by atoms with van der Waals surface area (Å²) < 4.78 is 24.0. The summed E-state index contributed by atoms with van der Waals surface area (Å²) in [6, 6.07) is 16.5. The van der Waals surface area contributed by atoms with Crippen LogP contribution in [0.1, 0.15) is 0 Å². The molecule has 0 saturated heterocycles. The first-order chi connectivity index (χ1) is 14.2. The standard InChI is InChI=1S/C21H12Cl3NO3S2/c22-15-9-12(10-16(23)19(15)24)18-20(26)14-3-1-2-4-17(14)29-21(18)11-5-7-13(8-6-11)30(25,27)28/h1-10H,(H2,25,27,28). The van der Waals surface area contributed by atoms with Gasteiger partial charge in [-0.3, -0.25) is 4.79 Å². The van der Waals surface area contributed by atoms with Gasteiger partial charge in [-0.15, -0.1) is 11.3 Å². The van der Waals surface area contributed by atoms with Gasteiger partial charge in [-0.1, -0.05) is 59.1 Å². The van der Waals surface area contributed by atoms with Crippen LogP contribution < -0.4 is 10.6 Å². The fourth-order valence-electron chi connectivity index (χ4n) is 3.10. The molecule has 4 rings (SSSR count). The molecule has 1 heterocycles. The molecule has 2 N–H and O–H groups in total. The van der Waals surface area contributed by atoms with Crippen LogP contribution >= 0.6 is 46.1 Å². The fourth-order valence-corrected chi connectivity index (χ4v) is 5.42. The normalized spacial score (nSPS) is 11.7. The highest BCUT2D eigenvalue weighted by molar-refractivity contribution is 7.89. The fraction of sp³-hybridized carbons (Fsp3) is 0. The number of benzene rings is 3. The Morgan fingerprint density at radius 3 is 2.03 bits per heavy atom. The lowest BCUT2D eigenvalue weighted by molar-refractivity contribution is 0.598. The minimum atomic E-state index is -3.83. The Bertz CT molecular complexity index is 1440. The first-order valence-electron chi connectivity index (χ1n) is 8.51. The first kappa shape index (κ1) is 21.3. The number of rotatable bonds is 3. The van der Waals surface area contributed by atoms with Crippen molar-refractivity contribution >= 4 is 66.2 Å². The van der Waals surface area contributed by atoms with E-state index in [1.54, 1.807) is 36.4 Å². The molecule has 30 heavy (non-hydrogen) atoms. The molecular weight excluding hydrogens is 485 g/mol. The van der Waals surface area contributed by atoms with Crippen LogP contribution in [-0.4, -0.2) is 8.42 Å². The number of halogens is 3. The minimum absolute atomic E-state index is 0.0153. The minimum Gasteiger partial charge on any atom is -0.288 e. The average molecular weight is 497 g/mol. The van der Waals surface area contributed by atoms with E-state index in [0.29, 0.717) is 27.0 Å². The molecule has 0 aliphatic rings. The van der Waals surface area contributed by atoms with E-state index in [2.05, 4.69) is 0 Å². The maximum absolute atomic E-state index is 13.4. The highest BCUT2D eigenvalue weighted by Crippen LogP contribution is 2.40. The SMILES string of the molecule is NS(=O)(=O)c1ccc(-c2sc3ccccc3c(=O)c2-c2cc(Cl)c(Cl)c(Cl)c2)cc1. The average Bonchev–Trinajstić information content (AvgIpc) is 2.71. The van der Waals surface area contributed by atoms with Crippen molar-refractivity contribution < 1.29 is 8.42 Å². The van der Waals surface area contributed by atoms with E-state index in [4.69, 9.17) is 39.9 Å². The third kappa shape index (κ3) is 3.87. The summed E-state index contributed by atoms with van der Waals surface area (Å²) in [5.41, 5.74) is 1.39. The molecule has 0 aliphatic heterocycles. The number of primary sulfonamides is 1. The van der Waals surface area contributed by atoms with Crippen molar-refractivity contribution in [2.75, 3.05) is 0 Å². The highest BCUT2D eigenvalue weighted by atomic mass is 35.5. The quantitative estimate of drug-likeness (QED) is 0.343. The number of hydrogen-bond acceptors (Lipinski definition) is 4. The number of hydrogen-bond donors (Lipinski definition) is 1. The van der Waals surface area contributed by atoms with Crippen LogP contribution in [0.3, 0.4) is 0 Å². The van der Waals surface area contributed by atoms with E-state index in [9.17, 15) is 13.2 Å². The second kappa shape index (κ2) is 7.96. The van der Waals surface area contributed by atoms with Gasteiger partial charge in [0, 0.05) is 20.5 Å². The molecule has 0 aliphatic carbocycles. The van der Waals surface area contributed by atoms with Gasteiger partial charge in [0.05, 0.1) is 20.0 Å². The van der Waals surface area contributed by atoms with Crippen LogP contribution in [0.15, 0.2) is 70.4 Å². The Morgan fingerprint density at radius 1 is 0.833 bits per heavy atom. The molecule has 0 unspecified atom stereocenters. The molecule has 4 nitrogen and oxygen atoms in total. The molecule has 0 saturated carbocycles. The Hall–Kier alpha value is -1.93. The molecule has 0 fully saturated rings. The zero-order valence-corrected chi connectivity index (χ0v) is 18.9. The van der Waals surface area contributed by atoms with Gasteiger partial charge >= 0.3 is 0 Å². The molecule has 4 aromatic rings. The van der Waals surface area contributed by atoms with Crippen LogP contribution in [-0.2, 0) is 10.0 Å². The molecule has 9 heteroatoms. The largest absolute Gasteiger partial charge is 0.288 e. The van der Waals surface area contributed by atoms with Crippen molar-refractivity contribution in [2.24, 2.45) is 5.14 Å². The van der Waals surface area contributed by atoms with Gasteiger partial charge in [0.2, 0.25) is 10.0 Å². The lowest BCUT2D eigenvalue weighted by atomic mass is 10.0. The number of nitrogens with two attached hydrogens (primary N) is 1. The van der Waals surface area contributed by atoms with Crippen molar-refractivity contribution in [3.63, 3.8) is 0 Å². The Kier molecular flexibility index (Phi) is 5.66. The van der Waals surface area contributed by atoms with Crippen LogP contribution in [0.5, 0.6) is 0 Å². The van der Waals surface area contributed by atoms with Crippen LogP contribution in [0.25, 0.3) is 31.7 Å². The first-order valence-corrected chi connectivity index (χ1v) is 12.0. The van der Waals surface area contributed by atoms with Gasteiger partial charge in [0.1, 0.15) is 0 Å². The van der Waals surface area contributed by atoms with E-state index in [1.165, 1.54) is 23.5 Å². The van der Waals surface area contributed by atoms with Crippen molar-refractivity contribution in [1.29, 1.82) is 0 Å². The second-order valence-electron chi connectivity index (χ2n) is 6.45. The van der Waals surface area contributed by atoms with Crippen LogP contribution in [0.2, 0.25) is 15.1 Å². The third-order valence-electron chi connectivity index (χ3n) is 4.52. The molecule has 0 atom stereocenters. The zero-order valence-electron chi connectivity index (χ0n) is 15.0. The smallest absolute Gasteiger partial charge is 0.238 e. The summed E-state index contributed by atoms with van der Waals surface area (Å²) in [6.45, 7) is 0. The van der Waals surface area contributed by atoms with E-state index < -0.39 is 10.0 Å². The van der Waals surface area contributed by atoms with E-state index >= 15 is 0 Å². The molecule has 1 aromatic heterocycles. The summed E-state index contributed by atoms with van der Waals surface area (Å²) in [6.07, 6.45) is 0. The van der Waals surface area contributed by atoms with Crippen molar-refractivity contribution in [3.05, 3.63) is 86.0 Å². The maximum Gasteiger partial charge on any atom is 0.238 e. The monoisotopic (exact) mass is 495 g/mol. The van der Waals surface area contributed by atoms with Gasteiger partial charge in [0.15, 0.2) is 5.43 Å². The zero-order chi connectivity index (χ0) is 21.6. The lowest BCUT2D eigenvalue weighted by Crippen LogP contribution is -2.11. The van der Waals surface area contributed by atoms with E-state index in [1.807, 2.05) is 12.1 Å². The Morgan fingerprint density at radius 2 is 1.43 bits per heavy atom. The number of fused-ring (bicyclic) bond motifs is 1. The van der Waals surface area contributed by atoms with Crippen LogP contribution in [0, 0.1) is 0 Å². The van der Waals surface area contributed by atoms with Gasteiger partial charge < -0.3 is 0 Å². The Balaban J connectivity index is 2.06. The molecular formula is C21H12Cl3NO3S2. The summed E-state index contributed by atoms with van der Waals surface area (Å²) in [4.78, 5) is 14.1. The topological polar surface area (TPSA) is 77.2 Å². The summed E-state index contributed by atoms with van der Waals surface area (Å²) in [5, 5.41) is 6.42. The Labute approximate surface area is 191 Å². The molecule has 3 aromatic carbocycles.